The lowest BCUT2D eigenvalue weighted by molar-refractivity contribution is 0.0984. The molecule has 0 saturated carbocycles. The normalized spacial score (nSPS) is 15.7. The number of benzene rings is 2. The Bertz CT molecular complexity index is 1020. The number of carbonyl (C=O) groups is 1. The number of fused-ring (bicyclic) bond motifs is 2. The molecular weight excluding hydrogens is 348 g/mol. The van der Waals surface area contributed by atoms with Crippen LogP contribution in [0.15, 0.2) is 60.9 Å². The molecule has 0 spiro atoms. The average molecular weight is 370 g/mol. The van der Waals surface area contributed by atoms with E-state index in [0.717, 1.165) is 44.6 Å². The van der Waals surface area contributed by atoms with Gasteiger partial charge in [0, 0.05) is 37.7 Å². The molecule has 2 aliphatic heterocycles. The van der Waals surface area contributed by atoms with Crippen LogP contribution < -0.4 is 9.80 Å². The molecular formula is C23H22N4O. The van der Waals surface area contributed by atoms with Crippen molar-refractivity contribution in [1.29, 1.82) is 0 Å². The predicted molar refractivity (Wildman–Crippen MR) is 110 cm³/mol. The number of nitrogens with zero attached hydrogens (tertiary/aromatic N) is 4. The van der Waals surface area contributed by atoms with Crippen molar-refractivity contribution in [3.8, 4) is 0 Å². The smallest absolute Gasteiger partial charge is 0.261 e. The van der Waals surface area contributed by atoms with Gasteiger partial charge in [-0.1, -0.05) is 42.5 Å². The predicted octanol–water partition coefficient (Wildman–Crippen LogP) is 3.63. The zero-order chi connectivity index (χ0) is 18.9. The largest absolute Gasteiger partial charge is 0.336 e. The molecule has 2 aromatic carbocycles. The highest BCUT2D eigenvalue weighted by molar-refractivity contribution is 6.06. The summed E-state index contributed by atoms with van der Waals surface area (Å²) in [6.07, 6.45) is 6.33. The summed E-state index contributed by atoms with van der Waals surface area (Å²) in [7, 11) is 0. The van der Waals surface area contributed by atoms with E-state index in [1.807, 2.05) is 23.1 Å². The molecule has 0 N–H and O–H groups in total. The van der Waals surface area contributed by atoms with E-state index in [9.17, 15) is 4.79 Å². The van der Waals surface area contributed by atoms with Crippen LogP contribution in [-0.2, 0) is 19.4 Å². The fourth-order valence-electron chi connectivity index (χ4n) is 4.16. The van der Waals surface area contributed by atoms with E-state index >= 15 is 0 Å². The van der Waals surface area contributed by atoms with Crippen LogP contribution in [0.4, 0.5) is 11.6 Å². The van der Waals surface area contributed by atoms with Crippen molar-refractivity contribution in [2.45, 2.75) is 25.8 Å². The third-order valence-electron chi connectivity index (χ3n) is 5.65. The van der Waals surface area contributed by atoms with E-state index in [2.05, 4.69) is 45.2 Å². The Labute approximate surface area is 164 Å². The maximum absolute atomic E-state index is 13.0. The van der Waals surface area contributed by atoms with Crippen molar-refractivity contribution in [1.82, 2.24) is 9.97 Å². The second kappa shape index (κ2) is 7.08. The van der Waals surface area contributed by atoms with E-state index in [1.54, 1.807) is 12.4 Å². The number of hydrogen-bond acceptors (Lipinski definition) is 4. The summed E-state index contributed by atoms with van der Waals surface area (Å²) in [4.78, 5) is 26.1. The summed E-state index contributed by atoms with van der Waals surface area (Å²) in [5.74, 6) is 0.660. The van der Waals surface area contributed by atoms with Crippen molar-refractivity contribution >= 4 is 17.5 Å². The summed E-state index contributed by atoms with van der Waals surface area (Å²) in [6.45, 7) is 2.44. The molecule has 5 rings (SSSR count). The molecule has 1 aromatic heterocycles. The molecule has 2 aliphatic rings. The molecule has 0 atom stereocenters. The maximum atomic E-state index is 13.0. The zero-order valence-corrected chi connectivity index (χ0v) is 15.7. The summed E-state index contributed by atoms with van der Waals surface area (Å²) in [5.41, 5.74) is 5.50. The van der Waals surface area contributed by atoms with Gasteiger partial charge in [-0.3, -0.25) is 4.79 Å². The quantitative estimate of drug-likeness (QED) is 0.691. The van der Waals surface area contributed by atoms with Crippen LogP contribution in [0.1, 0.15) is 33.5 Å². The van der Waals surface area contributed by atoms with Gasteiger partial charge in [0.1, 0.15) is 0 Å². The summed E-state index contributed by atoms with van der Waals surface area (Å²) in [6, 6.07) is 16.6. The Balaban J connectivity index is 1.36. The van der Waals surface area contributed by atoms with Crippen molar-refractivity contribution in [2.75, 3.05) is 22.9 Å². The van der Waals surface area contributed by atoms with E-state index in [-0.39, 0.29) is 5.91 Å². The number of amides is 1. The average Bonchev–Trinajstić information content (AvgIpc) is 2.78. The lowest BCUT2D eigenvalue weighted by atomic mass is 10.0. The van der Waals surface area contributed by atoms with Crippen LogP contribution in [0.2, 0.25) is 0 Å². The molecule has 0 aliphatic carbocycles. The topological polar surface area (TPSA) is 49.3 Å². The monoisotopic (exact) mass is 370 g/mol. The van der Waals surface area contributed by atoms with Gasteiger partial charge in [0.2, 0.25) is 5.95 Å². The second-order valence-corrected chi connectivity index (χ2v) is 7.40. The van der Waals surface area contributed by atoms with Gasteiger partial charge in [-0.05, 0) is 42.0 Å². The minimum absolute atomic E-state index is 0.0253. The first-order valence-electron chi connectivity index (χ1n) is 9.83. The highest BCUT2D eigenvalue weighted by Gasteiger charge is 2.24. The van der Waals surface area contributed by atoms with Gasteiger partial charge >= 0.3 is 0 Å². The Morgan fingerprint density at radius 2 is 1.54 bits per heavy atom. The number of hydrogen-bond donors (Lipinski definition) is 0. The standard InChI is InChI=1S/C23H22N4O/c28-22(27-12-5-9-18-7-3-4-10-21(18)27)20-14-24-23(25-15-20)26-13-11-17-6-1-2-8-19(17)16-26/h1-4,6-8,10,14-15H,5,9,11-13,16H2. The number of aromatic nitrogens is 2. The van der Waals surface area contributed by atoms with E-state index in [1.165, 1.54) is 16.7 Å². The van der Waals surface area contributed by atoms with Gasteiger partial charge < -0.3 is 9.80 Å². The van der Waals surface area contributed by atoms with E-state index < -0.39 is 0 Å². The molecule has 1 amide bonds. The molecule has 0 saturated heterocycles. The molecule has 140 valence electrons. The van der Waals surface area contributed by atoms with Gasteiger partial charge in [-0.15, -0.1) is 0 Å². The number of aryl methyl sites for hydroxylation is 1. The zero-order valence-electron chi connectivity index (χ0n) is 15.7. The SMILES string of the molecule is O=C(c1cnc(N2CCc3ccccc3C2)nc1)N1CCCc2ccccc21. The van der Waals surface area contributed by atoms with Crippen molar-refractivity contribution in [3.63, 3.8) is 0 Å². The highest BCUT2D eigenvalue weighted by atomic mass is 16.2. The number of anilines is 2. The molecule has 3 aromatic rings. The first-order chi connectivity index (χ1) is 13.8. The fraction of sp³-hybridized carbons (Fsp3) is 0.261. The van der Waals surface area contributed by atoms with Crippen molar-refractivity contribution < 1.29 is 4.79 Å². The number of para-hydroxylation sites is 1. The van der Waals surface area contributed by atoms with Crippen LogP contribution in [-0.4, -0.2) is 29.0 Å². The van der Waals surface area contributed by atoms with Crippen LogP contribution in [0.5, 0.6) is 0 Å². The third-order valence-corrected chi connectivity index (χ3v) is 5.65. The first-order valence-corrected chi connectivity index (χ1v) is 9.83. The van der Waals surface area contributed by atoms with Crippen LogP contribution in [0.25, 0.3) is 0 Å². The summed E-state index contributed by atoms with van der Waals surface area (Å²) in [5, 5.41) is 0. The Hall–Kier alpha value is -3.21. The molecule has 0 radical (unpaired) electrons. The number of rotatable bonds is 2. The van der Waals surface area contributed by atoms with Crippen LogP contribution in [0, 0.1) is 0 Å². The Morgan fingerprint density at radius 1 is 0.821 bits per heavy atom. The van der Waals surface area contributed by atoms with Crippen LogP contribution in [0.3, 0.4) is 0 Å². The summed E-state index contributed by atoms with van der Waals surface area (Å²) < 4.78 is 0. The van der Waals surface area contributed by atoms with Crippen LogP contribution >= 0.6 is 0 Å². The molecule has 0 unspecified atom stereocenters. The minimum atomic E-state index is -0.0253. The second-order valence-electron chi connectivity index (χ2n) is 7.40. The van der Waals surface area contributed by atoms with Gasteiger partial charge in [0.15, 0.2) is 0 Å². The van der Waals surface area contributed by atoms with Gasteiger partial charge in [-0.2, -0.15) is 0 Å². The van der Waals surface area contributed by atoms with Gasteiger partial charge in [0.05, 0.1) is 5.56 Å². The summed E-state index contributed by atoms with van der Waals surface area (Å²) >= 11 is 0. The molecule has 0 bridgehead atoms. The molecule has 28 heavy (non-hydrogen) atoms. The molecule has 5 nitrogen and oxygen atoms in total. The maximum Gasteiger partial charge on any atom is 0.261 e. The lowest BCUT2D eigenvalue weighted by Gasteiger charge is -2.30. The lowest BCUT2D eigenvalue weighted by Crippen LogP contribution is -2.36. The fourth-order valence-corrected chi connectivity index (χ4v) is 4.16. The van der Waals surface area contributed by atoms with Gasteiger partial charge in [0.25, 0.3) is 5.91 Å². The minimum Gasteiger partial charge on any atom is -0.336 e. The third kappa shape index (κ3) is 3.03. The Kier molecular flexibility index (Phi) is 4.28. The molecule has 0 fully saturated rings. The van der Waals surface area contributed by atoms with Crippen molar-refractivity contribution in [2.24, 2.45) is 0 Å². The highest BCUT2D eigenvalue weighted by Crippen LogP contribution is 2.28. The van der Waals surface area contributed by atoms with E-state index in [4.69, 9.17) is 0 Å². The van der Waals surface area contributed by atoms with Crippen molar-refractivity contribution in [3.05, 3.63) is 83.2 Å². The van der Waals surface area contributed by atoms with E-state index in [0.29, 0.717) is 11.5 Å². The first kappa shape index (κ1) is 16.9. The number of carbonyl (C=O) groups excluding carboxylic acids is 1. The molecule has 5 heteroatoms. The Morgan fingerprint density at radius 3 is 2.36 bits per heavy atom. The van der Waals surface area contributed by atoms with Gasteiger partial charge in [-0.25, -0.2) is 9.97 Å². The molecule has 3 heterocycles.